The summed E-state index contributed by atoms with van der Waals surface area (Å²) in [7, 11) is 0. The first kappa shape index (κ1) is 9.76. The average Bonchev–Trinajstić information content (AvgIpc) is 2.74. The molecule has 3 rings (SSSR count). The molecule has 16 heavy (non-hydrogen) atoms. The Morgan fingerprint density at radius 1 is 1.12 bits per heavy atom. The maximum absolute atomic E-state index is 5.60. The number of benzene rings is 1. The van der Waals surface area contributed by atoms with Crippen LogP contribution in [-0.2, 0) is 15.9 Å². The Bertz CT molecular complexity index is 394. The van der Waals surface area contributed by atoms with Gasteiger partial charge in [-0.15, -0.1) is 0 Å². The van der Waals surface area contributed by atoms with Gasteiger partial charge in [0.05, 0.1) is 13.2 Å². The van der Waals surface area contributed by atoms with Crippen LogP contribution in [0.25, 0.3) is 0 Å². The van der Waals surface area contributed by atoms with Crippen molar-refractivity contribution in [1.82, 2.24) is 0 Å². The average molecular weight is 216 g/mol. The zero-order valence-corrected chi connectivity index (χ0v) is 9.32. The van der Waals surface area contributed by atoms with Crippen LogP contribution in [0.3, 0.4) is 0 Å². The van der Waals surface area contributed by atoms with Crippen molar-refractivity contribution >= 4 is 0 Å². The van der Waals surface area contributed by atoms with Crippen molar-refractivity contribution in [1.29, 1.82) is 0 Å². The second kappa shape index (κ2) is 4.20. The third-order valence-electron chi connectivity index (χ3n) is 3.32. The molecule has 1 unspecified atom stereocenters. The Labute approximate surface area is 95.9 Å². The fourth-order valence-electron chi connectivity index (χ4n) is 2.49. The first-order chi connectivity index (χ1) is 7.93. The van der Waals surface area contributed by atoms with Crippen LogP contribution in [0.4, 0.5) is 0 Å². The Balaban J connectivity index is 1.75. The molecule has 0 amide bonds. The molecule has 2 heterocycles. The predicted molar refractivity (Wildman–Crippen MR) is 61.8 cm³/mol. The summed E-state index contributed by atoms with van der Waals surface area (Å²) in [4.78, 5) is 0. The van der Waals surface area contributed by atoms with Gasteiger partial charge in [0.25, 0.3) is 5.95 Å². The topological polar surface area (TPSA) is 18.5 Å². The molecule has 0 radical (unpaired) electrons. The van der Waals surface area contributed by atoms with Gasteiger partial charge in [0.2, 0.25) is 0 Å². The van der Waals surface area contributed by atoms with E-state index in [2.05, 4.69) is 30.3 Å². The Morgan fingerprint density at radius 2 is 2.00 bits per heavy atom. The van der Waals surface area contributed by atoms with E-state index in [1.165, 1.54) is 11.1 Å². The number of hydrogen-bond donors (Lipinski definition) is 0. The Kier molecular flexibility index (Phi) is 2.56. The van der Waals surface area contributed by atoms with E-state index in [-0.39, 0.29) is 0 Å². The van der Waals surface area contributed by atoms with Crippen LogP contribution in [0.2, 0.25) is 0 Å². The molecule has 84 valence electrons. The van der Waals surface area contributed by atoms with Crippen LogP contribution in [0.15, 0.2) is 41.9 Å². The summed E-state index contributed by atoms with van der Waals surface area (Å²) in [5.74, 6) is 1.35. The molecule has 2 nitrogen and oxygen atoms in total. The van der Waals surface area contributed by atoms with Gasteiger partial charge >= 0.3 is 0 Å². The van der Waals surface area contributed by atoms with Crippen molar-refractivity contribution in [3.05, 3.63) is 47.4 Å². The minimum Gasteiger partial charge on any atom is -0.465 e. The molecule has 0 aliphatic carbocycles. The van der Waals surface area contributed by atoms with E-state index in [1.807, 2.05) is 0 Å². The van der Waals surface area contributed by atoms with Crippen molar-refractivity contribution in [2.45, 2.75) is 19.3 Å². The highest BCUT2D eigenvalue weighted by Gasteiger charge is 2.30. The van der Waals surface area contributed by atoms with E-state index in [1.54, 1.807) is 0 Å². The molecule has 0 fully saturated rings. The fourth-order valence-corrected chi connectivity index (χ4v) is 2.49. The molecule has 2 aliphatic rings. The molecular formula is C14H16O2. The van der Waals surface area contributed by atoms with Gasteiger partial charge in [0.15, 0.2) is 0 Å². The highest BCUT2D eigenvalue weighted by atomic mass is 16.7. The number of rotatable bonds is 2. The summed E-state index contributed by atoms with van der Waals surface area (Å²) in [5, 5.41) is 0. The van der Waals surface area contributed by atoms with Gasteiger partial charge in [-0.25, -0.2) is 0 Å². The first-order valence-corrected chi connectivity index (χ1v) is 5.96. The maximum Gasteiger partial charge on any atom is 0.278 e. The molecule has 1 atom stereocenters. The van der Waals surface area contributed by atoms with Crippen LogP contribution < -0.4 is 0 Å². The largest absolute Gasteiger partial charge is 0.465 e. The molecule has 2 heteroatoms. The lowest BCUT2D eigenvalue weighted by atomic mass is 9.91. The van der Waals surface area contributed by atoms with Crippen molar-refractivity contribution in [2.75, 3.05) is 13.2 Å². The van der Waals surface area contributed by atoms with E-state index < -0.39 is 0 Å². The second-order valence-corrected chi connectivity index (χ2v) is 4.46. The fraction of sp³-hybridized carbons (Fsp3) is 0.429. The van der Waals surface area contributed by atoms with Crippen molar-refractivity contribution in [2.24, 2.45) is 5.92 Å². The standard InChI is InChI=1S/C14H16O2/c1-2-5-11(6-3-1)9-12-10-16-14-13(12)7-4-8-15-14/h1-3,5-6,12H,4,7-10H2. The van der Waals surface area contributed by atoms with Gasteiger partial charge in [-0.05, 0) is 24.8 Å². The molecule has 0 saturated heterocycles. The molecule has 1 aromatic carbocycles. The molecule has 2 aliphatic heterocycles. The van der Waals surface area contributed by atoms with E-state index in [0.717, 1.165) is 38.4 Å². The Morgan fingerprint density at radius 3 is 2.88 bits per heavy atom. The lowest BCUT2D eigenvalue weighted by Gasteiger charge is -2.16. The molecule has 0 N–H and O–H groups in total. The zero-order valence-electron chi connectivity index (χ0n) is 9.32. The molecule has 1 aromatic rings. The second-order valence-electron chi connectivity index (χ2n) is 4.46. The first-order valence-electron chi connectivity index (χ1n) is 5.96. The minimum absolute atomic E-state index is 0.526. The van der Waals surface area contributed by atoms with Crippen LogP contribution in [0, 0.1) is 5.92 Å². The summed E-state index contributed by atoms with van der Waals surface area (Å²) in [6, 6.07) is 10.6. The third kappa shape index (κ3) is 1.80. The number of hydrogen-bond acceptors (Lipinski definition) is 2. The monoisotopic (exact) mass is 216 g/mol. The maximum atomic E-state index is 5.60. The summed E-state index contributed by atoms with van der Waals surface area (Å²) in [6.07, 6.45) is 3.35. The van der Waals surface area contributed by atoms with Crippen molar-refractivity contribution in [3.63, 3.8) is 0 Å². The summed E-state index contributed by atoms with van der Waals surface area (Å²) in [6.45, 7) is 1.61. The van der Waals surface area contributed by atoms with Crippen LogP contribution in [-0.4, -0.2) is 13.2 Å². The lowest BCUT2D eigenvalue weighted by Crippen LogP contribution is -2.11. The molecular weight excluding hydrogens is 200 g/mol. The lowest BCUT2D eigenvalue weighted by molar-refractivity contribution is 0.0414. The third-order valence-corrected chi connectivity index (χ3v) is 3.32. The van der Waals surface area contributed by atoms with Gasteiger partial charge in [-0.2, -0.15) is 0 Å². The quantitative estimate of drug-likeness (QED) is 0.756. The molecule has 0 spiro atoms. The molecule has 0 bridgehead atoms. The van der Waals surface area contributed by atoms with Gasteiger partial charge in [-0.1, -0.05) is 30.3 Å². The van der Waals surface area contributed by atoms with Crippen LogP contribution in [0.5, 0.6) is 0 Å². The zero-order chi connectivity index (χ0) is 10.8. The van der Waals surface area contributed by atoms with Crippen LogP contribution in [0.1, 0.15) is 18.4 Å². The summed E-state index contributed by atoms with van der Waals surface area (Å²) in [5.41, 5.74) is 2.78. The smallest absolute Gasteiger partial charge is 0.278 e. The van der Waals surface area contributed by atoms with E-state index in [0.29, 0.717) is 5.92 Å². The Hall–Kier alpha value is -1.44. The van der Waals surface area contributed by atoms with E-state index in [9.17, 15) is 0 Å². The predicted octanol–water partition coefficient (Wildman–Crippen LogP) is 2.90. The highest BCUT2D eigenvalue weighted by Crippen LogP contribution is 2.34. The normalized spacial score (nSPS) is 23.6. The van der Waals surface area contributed by atoms with Gasteiger partial charge in [0, 0.05) is 11.5 Å². The molecule has 0 saturated carbocycles. The van der Waals surface area contributed by atoms with Crippen molar-refractivity contribution < 1.29 is 9.47 Å². The summed E-state index contributed by atoms with van der Waals surface area (Å²) >= 11 is 0. The van der Waals surface area contributed by atoms with Crippen molar-refractivity contribution in [3.8, 4) is 0 Å². The van der Waals surface area contributed by atoms with Gasteiger partial charge in [-0.3, -0.25) is 0 Å². The minimum atomic E-state index is 0.526. The summed E-state index contributed by atoms with van der Waals surface area (Å²) < 4.78 is 11.1. The van der Waals surface area contributed by atoms with E-state index in [4.69, 9.17) is 9.47 Å². The molecule has 0 aromatic heterocycles. The van der Waals surface area contributed by atoms with Gasteiger partial charge in [0.1, 0.15) is 0 Å². The highest BCUT2D eigenvalue weighted by molar-refractivity contribution is 5.22. The number of ether oxygens (including phenoxy) is 2. The van der Waals surface area contributed by atoms with Crippen LogP contribution >= 0.6 is 0 Å². The van der Waals surface area contributed by atoms with Gasteiger partial charge < -0.3 is 9.47 Å². The van der Waals surface area contributed by atoms with E-state index >= 15 is 0 Å². The SMILES string of the molecule is c1ccc(CC2COC3=C2CCCO3)cc1.